The van der Waals surface area contributed by atoms with Crippen LogP contribution in [0.4, 0.5) is 13.2 Å². The molecule has 2 rings (SSSR count). The highest BCUT2D eigenvalue weighted by Gasteiger charge is 2.32. The SMILES string of the molecule is OCc1csc(-c2cccc(C(F)(F)F)n2)n1. The molecule has 0 aliphatic heterocycles. The van der Waals surface area contributed by atoms with Crippen molar-refractivity contribution in [2.45, 2.75) is 12.8 Å². The second kappa shape index (κ2) is 4.42. The molecule has 2 aromatic rings. The summed E-state index contributed by atoms with van der Waals surface area (Å²) < 4.78 is 37.3. The minimum absolute atomic E-state index is 0.157. The zero-order valence-corrected chi connectivity index (χ0v) is 9.22. The monoisotopic (exact) mass is 260 g/mol. The van der Waals surface area contributed by atoms with Gasteiger partial charge in [0.25, 0.3) is 0 Å². The van der Waals surface area contributed by atoms with Crippen molar-refractivity contribution in [3.63, 3.8) is 0 Å². The molecular weight excluding hydrogens is 253 g/mol. The maximum Gasteiger partial charge on any atom is 0.433 e. The van der Waals surface area contributed by atoms with Gasteiger partial charge < -0.3 is 5.11 Å². The van der Waals surface area contributed by atoms with Crippen LogP contribution in [0.3, 0.4) is 0 Å². The first-order chi connectivity index (χ1) is 8.00. The first kappa shape index (κ1) is 12.0. The number of aliphatic hydroxyl groups excluding tert-OH is 1. The molecule has 7 heteroatoms. The second-order valence-corrected chi connectivity index (χ2v) is 4.07. The van der Waals surface area contributed by atoms with Gasteiger partial charge in [0, 0.05) is 5.38 Å². The van der Waals surface area contributed by atoms with E-state index in [4.69, 9.17) is 5.11 Å². The lowest BCUT2D eigenvalue weighted by molar-refractivity contribution is -0.141. The van der Waals surface area contributed by atoms with Gasteiger partial charge in [0.15, 0.2) is 0 Å². The number of hydrogen-bond acceptors (Lipinski definition) is 4. The molecule has 0 fully saturated rings. The van der Waals surface area contributed by atoms with E-state index in [-0.39, 0.29) is 12.3 Å². The summed E-state index contributed by atoms with van der Waals surface area (Å²) in [5, 5.41) is 10.8. The van der Waals surface area contributed by atoms with E-state index >= 15 is 0 Å². The third kappa shape index (κ3) is 2.62. The van der Waals surface area contributed by atoms with E-state index in [0.29, 0.717) is 10.7 Å². The average molecular weight is 260 g/mol. The first-order valence-corrected chi connectivity index (χ1v) is 5.48. The molecule has 0 spiro atoms. The molecule has 2 heterocycles. The minimum Gasteiger partial charge on any atom is -0.390 e. The first-order valence-electron chi connectivity index (χ1n) is 4.60. The number of aliphatic hydroxyl groups is 1. The van der Waals surface area contributed by atoms with E-state index in [0.717, 1.165) is 17.4 Å². The fraction of sp³-hybridized carbons (Fsp3) is 0.200. The van der Waals surface area contributed by atoms with Crippen molar-refractivity contribution in [1.29, 1.82) is 0 Å². The molecule has 0 aromatic carbocycles. The molecular formula is C10H7F3N2OS. The van der Waals surface area contributed by atoms with Crippen LogP contribution in [0, 0.1) is 0 Å². The van der Waals surface area contributed by atoms with E-state index in [9.17, 15) is 13.2 Å². The lowest BCUT2D eigenvalue weighted by atomic mass is 10.3. The van der Waals surface area contributed by atoms with Crippen molar-refractivity contribution < 1.29 is 18.3 Å². The Morgan fingerprint density at radius 3 is 2.59 bits per heavy atom. The molecule has 0 radical (unpaired) electrons. The number of thiazole rings is 1. The number of aromatic nitrogens is 2. The van der Waals surface area contributed by atoms with Gasteiger partial charge in [0.05, 0.1) is 18.0 Å². The van der Waals surface area contributed by atoms with Crippen molar-refractivity contribution >= 4 is 11.3 Å². The molecule has 90 valence electrons. The number of halogens is 3. The van der Waals surface area contributed by atoms with E-state index in [2.05, 4.69) is 9.97 Å². The quantitative estimate of drug-likeness (QED) is 0.903. The van der Waals surface area contributed by atoms with Gasteiger partial charge in [-0.25, -0.2) is 9.97 Å². The minimum atomic E-state index is -4.47. The van der Waals surface area contributed by atoms with Gasteiger partial charge in [-0.2, -0.15) is 13.2 Å². The van der Waals surface area contributed by atoms with Crippen LogP contribution < -0.4 is 0 Å². The van der Waals surface area contributed by atoms with Crippen LogP contribution in [0.15, 0.2) is 23.6 Å². The van der Waals surface area contributed by atoms with Crippen molar-refractivity contribution in [3.8, 4) is 10.7 Å². The van der Waals surface area contributed by atoms with Crippen LogP contribution in [0.2, 0.25) is 0 Å². The van der Waals surface area contributed by atoms with Gasteiger partial charge >= 0.3 is 6.18 Å². The van der Waals surface area contributed by atoms with Crippen LogP contribution in [-0.4, -0.2) is 15.1 Å². The molecule has 0 aliphatic rings. The lowest BCUT2D eigenvalue weighted by Gasteiger charge is -2.05. The molecule has 0 aliphatic carbocycles. The van der Waals surface area contributed by atoms with Crippen LogP contribution in [0.25, 0.3) is 10.7 Å². The van der Waals surface area contributed by atoms with Crippen molar-refractivity contribution in [2.24, 2.45) is 0 Å². The Hall–Kier alpha value is -1.47. The van der Waals surface area contributed by atoms with E-state index < -0.39 is 11.9 Å². The van der Waals surface area contributed by atoms with Crippen molar-refractivity contribution in [3.05, 3.63) is 35.0 Å². The fourth-order valence-electron chi connectivity index (χ4n) is 1.21. The summed E-state index contributed by atoms with van der Waals surface area (Å²) in [5.74, 6) is 0. The molecule has 1 N–H and O–H groups in total. The summed E-state index contributed by atoms with van der Waals surface area (Å²) in [6.45, 7) is -0.241. The van der Waals surface area contributed by atoms with Crippen LogP contribution >= 0.6 is 11.3 Å². The summed E-state index contributed by atoms with van der Waals surface area (Å²) in [6, 6.07) is 3.64. The smallest absolute Gasteiger partial charge is 0.390 e. The van der Waals surface area contributed by atoms with Crippen molar-refractivity contribution in [1.82, 2.24) is 9.97 Å². The molecule has 2 aromatic heterocycles. The van der Waals surface area contributed by atoms with Crippen LogP contribution in [-0.2, 0) is 12.8 Å². The summed E-state index contributed by atoms with van der Waals surface area (Å²) in [4.78, 5) is 7.46. The summed E-state index contributed by atoms with van der Waals surface area (Å²) in [5.41, 5.74) is -0.371. The molecule has 0 amide bonds. The highest BCUT2D eigenvalue weighted by molar-refractivity contribution is 7.13. The molecule has 0 bridgehead atoms. The molecule has 3 nitrogen and oxygen atoms in total. The number of pyridine rings is 1. The zero-order valence-electron chi connectivity index (χ0n) is 8.40. The predicted octanol–water partition coefficient (Wildman–Crippen LogP) is 2.72. The summed E-state index contributed by atoms with van der Waals surface area (Å²) in [6.07, 6.45) is -4.47. The topological polar surface area (TPSA) is 46.0 Å². The lowest BCUT2D eigenvalue weighted by Crippen LogP contribution is -2.07. The summed E-state index contributed by atoms with van der Waals surface area (Å²) in [7, 11) is 0. The molecule has 0 atom stereocenters. The predicted molar refractivity (Wildman–Crippen MR) is 56.3 cm³/mol. The third-order valence-corrected chi connectivity index (χ3v) is 2.89. The zero-order chi connectivity index (χ0) is 12.5. The third-order valence-electron chi connectivity index (χ3n) is 1.97. The van der Waals surface area contributed by atoms with Gasteiger partial charge in [0.2, 0.25) is 0 Å². The Balaban J connectivity index is 2.39. The van der Waals surface area contributed by atoms with Crippen LogP contribution in [0.5, 0.6) is 0 Å². The highest BCUT2D eigenvalue weighted by Crippen LogP contribution is 2.30. The Labute approximate surface area is 98.6 Å². The number of nitrogens with zero attached hydrogens (tertiary/aromatic N) is 2. The fourth-order valence-corrected chi connectivity index (χ4v) is 1.99. The number of hydrogen-bond donors (Lipinski definition) is 1. The Morgan fingerprint density at radius 2 is 2.00 bits per heavy atom. The number of rotatable bonds is 2. The highest BCUT2D eigenvalue weighted by atomic mass is 32.1. The molecule has 17 heavy (non-hydrogen) atoms. The Morgan fingerprint density at radius 1 is 1.24 bits per heavy atom. The normalized spacial score (nSPS) is 11.8. The molecule has 0 saturated heterocycles. The van der Waals surface area contributed by atoms with E-state index in [1.165, 1.54) is 12.1 Å². The average Bonchev–Trinajstić information content (AvgIpc) is 2.76. The van der Waals surface area contributed by atoms with E-state index in [1.807, 2.05) is 0 Å². The summed E-state index contributed by atoms with van der Waals surface area (Å²) >= 11 is 1.15. The maximum atomic E-state index is 12.4. The molecule has 0 unspecified atom stereocenters. The van der Waals surface area contributed by atoms with Gasteiger partial charge in [-0.15, -0.1) is 11.3 Å². The van der Waals surface area contributed by atoms with Crippen LogP contribution in [0.1, 0.15) is 11.4 Å². The van der Waals surface area contributed by atoms with Gasteiger partial charge in [-0.05, 0) is 12.1 Å². The molecule has 0 saturated carbocycles. The number of alkyl halides is 3. The Bertz CT molecular complexity index is 524. The van der Waals surface area contributed by atoms with Gasteiger partial charge in [0.1, 0.15) is 10.7 Å². The maximum absolute atomic E-state index is 12.4. The standard InChI is InChI=1S/C10H7F3N2OS/c11-10(12,13)8-3-1-2-7(15-8)9-14-6(4-16)5-17-9/h1-3,5,16H,4H2. The Kier molecular flexibility index (Phi) is 3.12. The second-order valence-electron chi connectivity index (χ2n) is 3.21. The van der Waals surface area contributed by atoms with E-state index in [1.54, 1.807) is 5.38 Å². The van der Waals surface area contributed by atoms with Crippen molar-refractivity contribution in [2.75, 3.05) is 0 Å². The largest absolute Gasteiger partial charge is 0.433 e. The van der Waals surface area contributed by atoms with Gasteiger partial charge in [-0.3, -0.25) is 0 Å². The van der Waals surface area contributed by atoms with Gasteiger partial charge in [-0.1, -0.05) is 6.07 Å².